The predicted molar refractivity (Wildman–Crippen MR) is 159 cm³/mol. The maximum atomic E-state index is 12.1. The van der Waals surface area contributed by atoms with Gasteiger partial charge in [0.2, 0.25) is 0 Å². The van der Waals surface area contributed by atoms with Crippen molar-refractivity contribution in [2.75, 3.05) is 33.9 Å². The third-order valence-electron chi connectivity index (χ3n) is 8.25. The number of aliphatic carboxylic acids is 1. The monoisotopic (exact) mass is 565 g/mol. The van der Waals surface area contributed by atoms with Crippen molar-refractivity contribution in [3.8, 4) is 0 Å². The van der Waals surface area contributed by atoms with Crippen LogP contribution < -0.4 is 10.0 Å². The molecule has 0 aromatic heterocycles. The van der Waals surface area contributed by atoms with Crippen molar-refractivity contribution in [3.63, 3.8) is 0 Å². The zero-order valence-corrected chi connectivity index (χ0v) is 24.8. The van der Waals surface area contributed by atoms with Crippen LogP contribution in [0, 0.1) is 5.92 Å². The minimum atomic E-state index is -1.11. The number of carboxylic acids is 1. The summed E-state index contributed by atoms with van der Waals surface area (Å²) in [6.45, 7) is 6.22. The first-order chi connectivity index (χ1) is 19.7. The van der Waals surface area contributed by atoms with Crippen molar-refractivity contribution in [2.45, 2.75) is 56.7 Å². The number of carboxylic acid groups (broad SMARTS) is 1. The number of carbonyl (C=O) groups is 1. The first kappa shape index (κ1) is 34.1. The summed E-state index contributed by atoms with van der Waals surface area (Å²) in [6.07, 6.45) is 2.86. The van der Waals surface area contributed by atoms with E-state index in [0.29, 0.717) is 12.0 Å². The fourth-order valence-electron chi connectivity index (χ4n) is 5.67. The molecule has 1 aliphatic heterocycles. The van der Waals surface area contributed by atoms with Crippen molar-refractivity contribution < 1.29 is 35.2 Å². The van der Waals surface area contributed by atoms with Crippen LogP contribution in [0.1, 0.15) is 67.9 Å². The number of carbonyl (C=O) groups excluding carboxylic acids is 1. The Morgan fingerprint density at radius 1 is 0.829 bits per heavy atom. The molecule has 0 amide bonds. The van der Waals surface area contributed by atoms with Gasteiger partial charge in [-0.1, -0.05) is 98.8 Å². The lowest BCUT2D eigenvalue weighted by Gasteiger charge is -2.41. The van der Waals surface area contributed by atoms with Gasteiger partial charge < -0.3 is 35.2 Å². The molecule has 5 N–H and O–H groups in total. The van der Waals surface area contributed by atoms with Gasteiger partial charge in [0.1, 0.15) is 5.60 Å². The van der Waals surface area contributed by atoms with Crippen LogP contribution in [0.5, 0.6) is 0 Å². The quantitative estimate of drug-likeness (QED) is 0.256. The molecule has 7 nitrogen and oxygen atoms in total. The van der Waals surface area contributed by atoms with Crippen LogP contribution in [-0.2, 0) is 15.8 Å². The first-order valence-corrected chi connectivity index (χ1v) is 14.3. The third-order valence-corrected chi connectivity index (χ3v) is 8.25. The van der Waals surface area contributed by atoms with E-state index in [9.17, 15) is 20.1 Å². The molecule has 0 bridgehead atoms. The molecule has 1 atom stereocenters. The Balaban J connectivity index is 0.00000141. The highest BCUT2D eigenvalue weighted by molar-refractivity contribution is 5.78. The number of likely N-dealkylation sites (tertiary alicyclic amines) is 1. The normalized spacial score (nSPS) is 17.8. The Hall–Kier alpha value is -3.07. The average molecular weight is 566 g/mol. The summed E-state index contributed by atoms with van der Waals surface area (Å²) >= 11 is 0. The summed E-state index contributed by atoms with van der Waals surface area (Å²) in [6, 6.07) is 27.2. The summed E-state index contributed by atoms with van der Waals surface area (Å²) in [5.74, 6) is -0.964. The lowest BCUT2D eigenvalue weighted by Crippen LogP contribution is -3.13. The molecular weight excluding hydrogens is 518 g/mol. The van der Waals surface area contributed by atoms with E-state index in [1.807, 2.05) is 72.8 Å². The number of rotatable bonds is 10. The number of aliphatic hydroxyl groups excluding tert-OH is 3. The van der Waals surface area contributed by atoms with E-state index < -0.39 is 23.1 Å². The van der Waals surface area contributed by atoms with Gasteiger partial charge in [-0.2, -0.15) is 0 Å². The average Bonchev–Trinajstić information content (AvgIpc) is 3.03. The van der Waals surface area contributed by atoms with Crippen LogP contribution in [-0.4, -0.2) is 60.2 Å². The lowest BCUT2D eigenvalue weighted by molar-refractivity contribution is -0.906. The number of aliphatic hydroxyl groups is 4. The topological polar surface area (TPSA) is 125 Å². The van der Waals surface area contributed by atoms with Gasteiger partial charge in [0.25, 0.3) is 0 Å². The molecule has 41 heavy (non-hydrogen) atoms. The van der Waals surface area contributed by atoms with Crippen molar-refractivity contribution in [1.82, 2.24) is 0 Å². The Morgan fingerprint density at radius 3 is 1.73 bits per heavy atom. The summed E-state index contributed by atoms with van der Waals surface area (Å²) in [7, 11) is 2.00. The van der Waals surface area contributed by atoms with E-state index >= 15 is 0 Å². The number of quaternary nitrogens is 1. The van der Waals surface area contributed by atoms with E-state index in [-0.39, 0.29) is 5.92 Å². The zero-order valence-electron chi connectivity index (χ0n) is 24.8. The molecule has 1 fully saturated rings. The van der Waals surface area contributed by atoms with Gasteiger partial charge in [0.15, 0.2) is 0 Å². The smallest absolute Gasteiger partial charge is 0.118 e. The van der Waals surface area contributed by atoms with Gasteiger partial charge in [-0.05, 0) is 35.1 Å². The molecule has 7 heteroatoms. The number of hydrogen-bond donors (Lipinski definition) is 5. The molecule has 1 aliphatic rings. The molecule has 224 valence electrons. The third kappa shape index (κ3) is 8.47. The Kier molecular flexibility index (Phi) is 13.6. The van der Waals surface area contributed by atoms with Gasteiger partial charge in [-0.25, -0.2) is 0 Å². The maximum Gasteiger partial charge on any atom is 0.118 e. The molecule has 0 aliphatic carbocycles. The van der Waals surface area contributed by atoms with E-state index in [0.717, 1.165) is 69.8 Å². The Bertz CT molecular complexity index is 1100. The molecule has 1 saturated heterocycles. The van der Waals surface area contributed by atoms with Gasteiger partial charge in [-0.15, -0.1) is 0 Å². The van der Waals surface area contributed by atoms with Gasteiger partial charge in [0, 0.05) is 38.4 Å². The molecule has 0 spiro atoms. The molecule has 4 rings (SSSR count). The number of nitrogens with one attached hydrogen (secondary N) is 1. The van der Waals surface area contributed by atoms with Crippen molar-refractivity contribution >= 4 is 5.97 Å². The van der Waals surface area contributed by atoms with Crippen LogP contribution in [0.3, 0.4) is 0 Å². The second-order valence-electron chi connectivity index (χ2n) is 11.0. The summed E-state index contributed by atoms with van der Waals surface area (Å²) in [5, 5.41) is 48.1. The standard InChI is InChI=1S/C32H39NO4.2CH4O/c1-31(2,30(35)36)25-17-15-24(16-18-25)29(34)14-9-21-33-22-19-28(20-23-33)32(37,26-10-5-3-6-11-26)27-12-7-4-8-13-27;2*1-2/h3-8,10-13,15-18,28-29,34,37H,9,14,19-23H2,1-2H3,(H,35,36);2*2H,1H3/t29-;;/m1../s1. The summed E-state index contributed by atoms with van der Waals surface area (Å²) in [5.41, 5.74) is 1.32. The highest BCUT2D eigenvalue weighted by Crippen LogP contribution is 2.40. The van der Waals surface area contributed by atoms with Crippen molar-refractivity contribution in [2.24, 2.45) is 5.92 Å². The fourth-order valence-corrected chi connectivity index (χ4v) is 5.67. The Labute approximate surface area is 244 Å². The van der Waals surface area contributed by atoms with Crippen LogP contribution in [0.25, 0.3) is 0 Å². The minimum Gasteiger partial charge on any atom is -0.549 e. The highest BCUT2D eigenvalue weighted by atomic mass is 16.4. The minimum absolute atomic E-state index is 0.149. The summed E-state index contributed by atoms with van der Waals surface area (Å²) in [4.78, 5) is 12.9. The van der Waals surface area contributed by atoms with Crippen molar-refractivity contribution in [1.29, 1.82) is 0 Å². The van der Waals surface area contributed by atoms with E-state index in [1.165, 1.54) is 4.90 Å². The van der Waals surface area contributed by atoms with E-state index in [4.69, 9.17) is 10.2 Å². The van der Waals surface area contributed by atoms with Crippen LogP contribution >= 0.6 is 0 Å². The molecule has 1 heterocycles. The van der Waals surface area contributed by atoms with Gasteiger partial charge >= 0.3 is 0 Å². The van der Waals surface area contributed by atoms with E-state index in [1.54, 1.807) is 26.0 Å². The number of piperidine rings is 1. The van der Waals surface area contributed by atoms with Crippen LogP contribution in [0.15, 0.2) is 84.9 Å². The van der Waals surface area contributed by atoms with Gasteiger partial charge in [-0.3, -0.25) is 0 Å². The predicted octanol–water partition coefficient (Wildman–Crippen LogP) is 1.98. The SMILES string of the molecule is CC(C)(C(=O)[O-])c1ccc([C@H](O)CCC[NH+]2CCC(C(O)(c3ccccc3)c3ccccc3)CC2)cc1.CO.CO. The fraction of sp³-hybridized carbons (Fsp3) is 0.441. The maximum absolute atomic E-state index is 12.1. The summed E-state index contributed by atoms with van der Waals surface area (Å²) < 4.78 is 0. The molecule has 3 aromatic carbocycles. The largest absolute Gasteiger partial charge is 0.549 e. The second kappa shape index (κ2) is 16.4. The number of benzene rings is 3. The molecule has 0 radical (unpaired) electrons. The zero-order chi connectivity index (χ0) is 30.5. The molecule has 0 saturated carbocycles. The van der Waals surface area contributed by atoms with Crippen LogP contribution in [0.4, 0.5) is 0 Å². The molecular formula is C34H47NO6. The second-order valence-corrected chi connectivity index (χ2v) is 11.0. The molecule has 0 unspecified atom stereocenters. The first-order valence-electron chi connectivity index (χ1n) is 14.3. The van der Waals surface area contributed by atoms with Crippen LogP contribution in [0.2, 0.25) is 0 Å². The number of hydrogen-bond acceptors (Lipinski definition) is 6. The Morgan fingerprint density at radius 2 is 1.29 bits per heavy atom. The van der Waals surface area contributed by atoms with E-state index in [2.05, 4.69) is 0 Å². The van der Waals surface area contributed by atoms with Crippen molar-refractivity contribution in [3.05, 3.63) is 107 Å². The van der Waals surface area contributed by atoms with Gasteiger partial charge in [0.05, 0.1) is 31.7 Å². The molecule has 3 aromatic rings. The lowest BCUT2D eigenvalue weighted by atomic mass is 9.72. The highest BCUT2D eigenvalue weighted by Gasteiger charge is 2.42.